The first-order valence-corrected chi connectivity index (χ1v) is 5.20. The molecule has 0 saturated heterocycles. The Labute approximate surface area is 87.2 Å². The smallest absolute Gasteiger partial charge is 0.0402 e. The second-order valence-corrected chi connectivity index (χ2v) is 2.82. The SMILES string of the molecule is CCN(CC)c1ccccc1.CCO. The molecule has 2 heteroatoms. The van der Waals surface area contributed by atoms with Crippen molar-refractivity contribution in [2.75, 3.05) is 24.6 Å². The second-order valence-electron chi connectivity index (χ2n) is 2.82. The Hall–Kier alpha value is -1.02. The number of anilines is 1. The maximum Gasteiger partial charge on any atom is 0.0402 e. The van der Waals surface area contributed by atoms with Crippen LogP contribution >= 0.6 is 0 Å². The van der Waals surface area contributed by atoms with Crippen LogP contribution in [0.25, 0.3) is 0 Å². The minimum Gasteiger partial charge on any atom is -0.397 e. The number of hydrogen-bond acceptors (Lipinski definition) is 2. The van der Waals surface area contributed by atoms with E-state index in [4.69, 9.17) is 5.11 Å². The third kappa shape index (κ3) is 4.87. The van der Waals surface area contributed by atoms with Crippen LogP contribution in [0.3, 0.4) is 0 Å². The van der Waals surface area contributed by atoms with Gasteiger partial charge in [-0.15, -0.1) is 0 Å². The lowest BCUT2D eigenvalue weighted by Gasteiger charge is -2.20. The van der Waals surface area contributed by atoms with E-state index in [0.29, 0.717) is 0 Å². The molecule has 2 nitrogen and oxygen atoms in total. The molecule has 14 heavy (non-hydrogen) atoms. The molecule has 0 atom stereocenters. The van der Waals surface area contributed by atoms with Crippen molar-refractivity contribution in [2.45, 2.75) is 20.8 Å². The molecule has 1 N–H and O–H groups in total. The lowest BCUT2D eigenvalue weighted by Crippen LogP contribution is -2.21. The Bertz CT molecular complexity index is 207. The molecule has 0 radical (unpaired) electrons. The molecule has 0 aliphatic carbocycles. The van der Waals surface area contributed by atoms with Crippen LogP contribution in [-0.4, -0.2) is 24.8 Å². The normalized spacial score (nSPS) is 8.86. The van der Waals surface area contributed by atoms with Crippen molar-refractivity contribution in [1.82, 2.24) is 0 Å². The molecule has 0 aliphatic rings. The molecule has 0 spiro atoms. The van der Waals surface area contributed by atoms with E-state index in [1.54, 1.807) is 6.92 Å². The molecule has 0 saturated carbocycles. The van der Waals surface area contributed by atoms with Crippen molar-refractivity contribution >= 4 is 5.69 Å². The summed E-state index contributed by atoms with van der Waals surface area (Å²) in [6.07, 6.45) is 0. The molecule has 0 amide bonds. The van der Waals surface area contributed by atoms with Gasteiger partial charge in [-0.1, -0.05) is 18.2 Å². The molecule has 0 aliphatic heterocycles. The van der Waals surface area contributed by atoms with Gasteiger partial charge in [0.1, 0.15) is 0 Å². The lowest BCUT2D eigenvalue weighted by molar-refractivity contribution is 0.318. The van der Waals surface area contributed by atoms with Crippen LogP contribution in [0.15, 0.2) is 30.3 Å². The average molecular weight is 195 g/mol. The highest BCUT2D eigenvalue weighted by molar-refractivity contribution is 5.45. The summed E-state index contributed by atoms with van der Waals surface area (Å²) in [6.45, 7) is 8.45. The van der Waals surface area contributed by atoms with E-state index in [-0.39, 0.29) is 6.61 Å². The number of aliphatic hydroxyl groups excluding tert-OH is 1. The summed E-state index contributed by atoms with van der Waals surface area (Å²) in [7, 11) is 0. The van der Waals surface area contributed by atoms with Crippen molar-refractivity contribution in [3.8, 4) is 0 Å². The Morgan fingerprint density at radius 1 is 1.00 bits per heavy atom. The highest BCUT2D eigenvalue weighted by Gasteiger charge is 1.97. The van der Waals surface area contributed by atoms with Crippen LogP contribution < -0.4 is 4.90 Å². The Morgan fingerprint density at radius 3 is 1.79 bits per heavy atom. The highest BCUT2D eigenvalue weighted by Crippen LogP contribution is 2.11. The summed E-state index contributed by atoms with van der Waals surface area (Å²) >= 11 is 0. The summed E-state index contributed by atoms with van der Waals surface area (Å²) < 4.78 is 0. The molecular formula is C12H21NO. The molecule has 1 rings (SSSR count). The maximum absolute atomic E-state index is 7.57. The predicted molar refractivity (Wildman–Crippen MR) is 62.8 cm³/mol. The molecule has 0 aromatic heterocycles. The first-order chi connectivity index (χ1) is 6.79. The number of nitrogens with zero attached hydrogens (tertiary/aromatic N) is 1. The number of aliphatic hydroxyl groups is 1. The quantitative estimate of drug-likeness (QED) is 0.801. The van der Waals surface area contributed by atoms with Gasteiger partial charge in [-0.25, -0.2) is 0 Å². The average Bonchev–Trinajstić information content (AvgIpc) is 2.22. The van der Waals surface area contributed by atoms with Crippen molar-refractivity contribution in [1.29, 1.82) is 0 Å². The fraction of sp³-hybridized carbons (Fsp3) is 0.500. The number of para-hydroxylation sites is 1. The maximum atomic E-state index is 7.57. The Balaban J connectivity index is 0.000000500. The van der Waals surface area contributed by atoms with Crippen LogP contribution in [0, 0.1) is 0 Å². The van der Waals surface area contributed by atoms with Gasteiger partial charge in [0, 0.05) is 25.4 Å². The van der Waals surface area contributed by atoms with E-state index >= 15 is 0 Å². The van der Waals surface area contributed by atoms with Gasteiger partial charge >= 0.3 is 0 Å². The molecule has 0 bridgehead atoms. The van der Waals surface area contributed by atoms with Gasteiger partial charge in [0.15, 0.2) is 0 Å². The zero-order valence-corrected chi connectivity index (χ0v) is 9.40. The summed E-state index contributed by atoms with van der Waals surface area (Å²) in [6, 6.07) is 10.5. The minimum atomic E-state index is 0.250. The first-order valence-electron chi connectivity index (χ1n) is 5.20. The summed E-state index contributed by atoms with van der Waals surface area (Å²) in [5.41, 5.74) is 1.32. The third-order valence-corrected chi connectivity index (χ3v) is 1.88. The molecule has 0 fully saturated rings. The molecule has 1 aromatic carbocycles. The van der Waals surface area contributed by atoms with E-state index in [2.05, 4.69) is 43.0 Å². The van der Waals surface area contributed by atoms with Crippen molar-refractivity contribution in [3.63, 3.8) is 0 Å². The van der Waals surface area contributed by atoms with Gasteiger partial charge < -0.3 is 10.0 Å². The Morgan fingerprint density at radius 2 is 1.43 bits per heavy atom. The van der Waals surface area contributed by atoms with Crippen molar-refractivity contribution in [2.24, 2.45) is 0 Å². The lowest BCUT2D eigenvalue weighted by atomic mass is 10.3. The Kier molecular flexibility index (Phi) is 7.95. The van der Waals surface area contributed by atoms with Crippen LogP contribution in [0.5, 0.6) is 0 Å². The topological polar surface area (TPSA) is 23.5 Å². The van der Waals surface area contributed by atoms with Crippen LogP contribution in [0.4, 0.5) is 5.69 Å². The summed E-state index contributed by atoms with van der Waals surface area (Å²) in [5, 5.41) is 7.57. The van der Waals surface area contributed by atoms with E-state index in [9.17, 15) is 0 Å². The van der Waals surface area contributed by atoms with E-state index in [0.717, 1.165) is 13.1 Å². The number of benzene rings is 1. The van der Waals surface area contributed by atoms with E-state index in [1.165, 1.54) is 5.69 Å². The molecule has 80 valence electrons. The molecule has 0 heterocycles. The van der Waals surface area contributed by atoms with Crippen LogP contribution in [0.2, 0.25) is 0 Å². The molecular weight excluding hydrogens is 174 g/mol. The van der Waals surface area contributed by atoms with Gasteiger partial charge in [0.2, 0.25) is 0 Å². The first kappa shape index (κ1) is 13.0. The fourth-order valence-corrected chi connectivity index (χ4v) is 1.23. The second kappa shape index (κ2) is 8.57. The molecule has 1 aromatic rings. The van der Waals surface area contributed by atoms with Crippen LogP contribution in [0.1, 0.15) is 20.8 Å². The largest absolute Gasteiger partial charge is 0.397 e. The zero-order valence-electron chi connectivity index (χ0n) is 9.40. The monoisotopic (exact) mass is 195 g/mol. The minimum absolute atomic E-state index is 0.250. The van der Waals surface area contributed by atoms with Gasteiger partial charge in [0.25, 0.3) is 0 Å². The highest BCUT2D eigenvalue weighted by atomic mass is 16.2. The van der Waals surface area contributed by atoms with Crippen LogP contribution in [-0.2, 0) is 0 Å². The summed E-state index contributed by atoms with van der Waals surface area (Å²) in [5.74, 6) is 0. The van der Waals surface area contributed by atoms with Gasteiger partial charge in [-0.3, -0.25) is 0 Å². The zero-order chi connectivity index (χ0) is 10.8. The standard InChI is InChI=1S/C10H15N.C2H6O/c1-3-11(4-2)10-8-6-5-7-9-10;1-2-3/h5-9H,3-4H2,1-2H3;3H,2H2,1H3. The van der Waals surface area contributed by atoms with Crippen molar-refractivity contribution < 1.29 is 5.11 Å². The third-order valence-electron chi connectivity index (χ3n) is 1.88. The van der Waals surface area contributed by atoms with E-state index < -0.39 is 0 Å². The van der Waals surface area contributed by atoms with Gasteiger partial charge in [-0.05, 0) is 32.9 Å². The fourth-order valence-electron chi connectivity index (χ4n) is 1.23. The van der Waals surface area contributed by atoms with Gasteiger partial charge in [-0.2, -0.15) is 0 Å². The molecule has 0 unspecified atom stereocenters. The number of hydrogen-bond donors (Lipinski definition) is 1. The summed E-state index contributed by atoms with van der Waals surface area (Å²) in [4.78, 5) is 2.33. The number of rotatable bonds is 3. The van der Waals surface area contributed by atoms with E-state index in [1.807, 2.05) is 6.07 Å². The predicted octanol–water partition coefficient (Wildman–Crippen LogP) is 2.53. The van der Waals surface area contributed by atoms with Crippen molar-refractivity contribution in [3.05, 3.63) is 30.3 Å². The van der Waals surface area contributed by atoms with Gasteiger partial charge in [0.05, 0.1) is 0 Å².